The molecule has 0 unspecified atom stereocenters. The number of nitrogens with zero attached hydrogens (tertiary/aromatic N) is 1. The molecule has 0 fully saturated rings. The summed E-state index contributed by atoms with van der Waals surface area (Å²) in [5.41, 5.74) is 6.37. The first-order chi connectivity index (χ1) is 15.0. The second kappa shape index (κ2) is 12.2. The average molecular weight is 467 g/mol. The van der Waals surface area contributed by atoms with Crippen LogP contribution in [0.1, 0.15) is 6.92 Å². The maximum absolute atomic E-state index is 11.4. The van der Waals surface area contributed by atoms with E-state index in [0.717, 1.165) is 11.8 Å². The van der Waals surface area contributed by atoms with E-state index in [0.29, 0.717) is 5.22 Å². The molecule has 0 bridgehead atoms. The maximum Gasteiger partial charge on any atom is 2.00 e. The van der Waals surface area contributed by atoms with E-state index in [1.807, 2.05) is 12.1 Å². The number of hydrogen-bond acceptors (Lipinski definition) is 3. The van der Waals surface area contributed by atoms with E-state index in [1.54, 1.807) is 12.1 Å². The van der Waals surface area contributed by atoms with Gasteiger partial charge in [-0.25, -0.2) is 0 Å². The molecule has 0 saturated heterocycles. The summed E-state index contributed by atoms with van der Waals surface area (Å²) in [7, 11) is 5.50. The largest absolute Gasteiger partial charge is 2.00 e. The van der Waals surface area contributed by atoms with Crippen molar-refractivity contribution in [1.29, 1.82) is 0 Å². The molecule has 0 radical (unpaired) electrons. The predicted molar refractivity (Wildman–Crippen MR) is 128 cm³/mol. The number of ether oxygens (including phenoxy) is 1. The summed E-state index contributed by atoms with van der Waals surface area (Å²) in [6, 6.07) is 7.47. The van der Waals surface area contributed by atoms with Crippen molar-refractivity contribution in [2.75, 3.05) is 27.7 Å². The van der Waals surface area contributed by atoms with Gasteiger partial charge in [0.25, 0.3) is 0 Å². The number of hydrogen-bond donors (Lipinski definition) is 0. The van der Waals surface area contributed by atoms with E-state index in [9.17, 15) is 5.11 Å². The Bertz CT molecular complexity index is 1120. The molecular formula is C28H29FeNO2. The minimum absolute atomic E-state index is 0. The minimum Gasteiger partial charge on any atom is -0.616 e. The van der Waals surface area contributed by atoms with Gasteiger partial charge in [0.05, 0.1) is 5.95 Å². The number of rotatable bonds is 3. The molecule has 3 nitrogen and oxygen atoms in total. The van der Waals surface area contributed by atoms with E-state index in [4.69, 9.17) is 0 Å². The summed E-state index contributed by atoms with van der Waals surface area (Å²) in [4.78, 5) is 2.14. The quantitative estimate of drug-likeness (QED) is 0.507. The molecule has 0 heterocycles. The van der Waals surface area contributed by atoms with Gasteiger partial charge in [-0.05, 0) is 48.9 Å². The molecular weight excluding hydrogens is 438 g/mol. The van der Waals surface area contributed by atoms with Crippen LogP contribution in [0.5, 0.6) is 0 Å². The topological polar surface area (TPSA) is 35.5 Å². The summed E-state index contributed by atoms with van der Waals surface area (Å²) < 4.78 is 4.69. The zero-order chi connectivity index (χ0) is 22.2. The number of methoxy groups -OCH3 is 1. The second-order valence-corrected chi connectivity index (χ2v) is 7.85. The van der Waals surface area contributed by atoms with Crippen LogP contribution >= 0.6 is 0 Å². The van der Waals surface area contributed by atoms with E-state index in [1.165, 1.54) is 35.0 Å². The van der Waals surface area contributed by atoms with E-state index >= 15 is 0 Å². The van der Waals surface area contributed by atoms with Crippen LogP contribution in [0.3, 0.4) is 0 Å². The molecule has 0 saturated carbocycles. The van der Waals surface area contributed by atoms with Crippen LogP contribution in [0.25, 0.3) is 11.5 Å². The fourth-order valence-corrected chi connectivity index (χ4v) is 3.36. The Balaban J connectivity index is 0.000000241. The molecule has 166 valence electrons. The van der Waals surface area contributed by atoms with Gasteiger partial charge in [-0.3, -0.25) is 0 Å². The molecule has 3 aliphatic rings. The summed E-state index contributed by atoms with van der Waals surface area (Å²) in [5.74, 6) is -0.303. The molecule has 0 amide bonds. The average Bonchev–Trinajstić information content (AvgIpc) is 3.46. The van der Waals surface area contributed by atoms with Gasteiger partial charge in [-0.1, -0.05) is 73.2 Å². The van der Waals surface area contributed by atoms with Crippen molar-refractivity contribution in [2.24, 2.45) is 0 Å². The van der Waals surface area contributed by atoms with Gasteiger partial charge in [0, 0.05) is 6.54 Å². The van der Waals surface area contributed by atoms with Crippen LogP contribution in [0.15, 0.2) is 107 Å². The molecule has 3 aliphatic carbocycles. The molecule has 0 spiro atoms. The Kier molecular flexibility index (Phi) is 9.67. The van der Waals surface area contributed by atoms with Crippen LogP contribution in [0.4, 0.5) is 0 Å². The third-order valence-electron chi connectivity index (χ3n) is 5.00. The number of benzene rings is 1. The van der Waals surface area contributed by atoms with Crippen LogP contribution in [0.2, 0.25) is 0 Å². The van der Waals surface area contributed by atoms with Crippen molar-refractivity contribution in [2.45, 2.75) is 6.92 Å². The van der Waals surface area contributed by atoms with Crippen LogP contribution in [-0.2, 0) is 21.8 Å². The summed E-state index contributed by atoms with van der Waals surface area (Å²) in [6.45, 7) is 3.04. The first kappa shape index (κ1) is 25.4. The molecule has 4 rings (SSSR count). The number of allylic oxidation sites excluding steroid dienone is 12. The smallest absolute Gasteiger partial charge is 0.616 e. The van der Waals surface area contributed by atoms with Gasteiger partial charge in [0.1, 0.15) is 0 Å². The second-order valence-electron chi connectivity index (χ2n) is 7.85. The molecule has 0 aromatic heterocycles. The van der Waals surface area contributed by atoms with E-state index < -0.39 is 0 Å². The fourth-order valence-electron chi connectivity index (χ4n) is 3.36. The summed E-state index contributed by atoms with van der Waals surface area (Å²) in [6.07, 6.45) is 23.4. The maximum atomic E-state index is 11.4. The molecule has 1 aromatic carbocycles. The van der Waals surface area contributed by atoms with Gasteiger partial charge in [0.15, 0.2) is 0 Å². The predicted octanol–water partition coefficient (Wildman–Crippen LogP) is 3.09. The van der Waals surface area contributed by atoms with Crippen LogP contribution < -0.4 is 15.5 Å². The third-order valence-corrected chi connectivity index (χ3v) is 5.00. The standard InChI is InChI=1S/C16H19NO2.C12H11.Fe/c1-17(2)11-12-4-5-15(10-12)13-6-8-14(9-7-13)16(18)19-3;1-10-6-8-12(9-7-10)11-4-2-3-5-11;/h4-10,18H,11H2,1-3H3;2-9H,1H3;/q;-1;+2/p-1. The Morgan fingerprint density at radius 2 is 1.62 bits per heavy atom. The first-order valence-electron chi connectivity index (χ1n) is 10.3. The Morgan fingerprint density at radius 3 is 2.19 bits per heavy atom. The van der Waals surface area contributed by atoms with Crippen molar-refractivity contribution in [3.8, 4) is 0 Å². The van der Waals surface area contributed by atoms with Crippen molar-refractivity contribution in [3.05, 3.63) is 124 Å². The van der Waals surface area contributed by atoms with Crippen molar-refractivity contribution in [1.82, 2.24) is 4.90 Å². The van der Waals surface area contributed by atoms with Gasteiger partial charge in [0.2, 0.25) is 0 Å². The minimum atomic E-state index is -0.303. The molecule has 32 heavy (non-hydrogen) atoms. The van der Waals surface area contributed by atoms with E-state index in [-0.39, 0.29) is 23.0 Å². The molecule has 0 aliphatic heterocycles. The van der Waals surface area contributed by atoms with Gasteiger partial charge in [-0.15, -0.1) is 35.8 Å². The SMILES string of the molecule is CC1=C[CH-]C(=C2C=CC=C2)C=C1.COC([O-])=c1ccc(=C2C=CC(CN(C)C)=C2)cc1.[Fe+2]. The van der Waals surface area contributed by atoms with Gasteiger partial charge in [-0.2, -0.15) is 0 Å². The van der Waals surface area contributed by atoms with Crippen LogP contribution in [-0.4, -0.2) is 32.6 Å². The number of likely N-dealkylation sites (N-methyl/N-ethyl adjacent to an activating group) is 1. The zero-order valence-electron chi connectivity index (χ0n) is 19.0. The van der Waals surface area contributed by atoms with Crippen molar-refractivity contribution in [3.63, 3.8) is 0 Å². The Labute approximate surface area is 202 Å². The first-order valence-corrected chi connectivity index (χ1v) is 10.3. The molecule has 0 N–H and O–H groups in total. The Hall–Kier alpha value is -2.91. The van der Waals surface area contributed by atoms with Crippen LogP contribution in [0, 0.1) is 6.42 Å². The Morgan fingerprint density at radius 1 is 0.938 bits per heavy atom. The third kappa shape index (κ3) is 7.06. The zero-order valence-corrected chi connectivity index (χ0v) is 20.1. The summed E-state index contributed by atoms with van der Waals surface area (Å²) >= 11 is 0. The van der Waals surface area contributed by atoms with E-state index in [2.05, 4.69) is 97.8 Å². The molecule has 1 aromatic rings. The van der Waals surface area contributed by atoms with Crippen molar-refractivity contribution < 1.29 is 26.9 Å². The monoisotopic (exact) mass is 467 g/mol. The molecule has 0 atom stereocenters. The van der Waals surface area contributed by atoms with Crippen molar-refractivity contribution >= 4 is 11.5 Å². The van der Waals surface area contributed by atoms with Gasteiger partial charge >= 0.3 is 17.1 Å². The molecule has 4 heteroatoms. The summed E-state index contributed by atoms with van der Waals surface area (Å²) in [5, 5.41) is 13.0. The normalized spacial score (nSPS) is 15.7. The van der Waals surface area contributed by atoms with Gasteiger partial charge < -0.3 is 14.7 Å². The fraction of sp³-hybridized carbons (Fsp3) is 0.179.